The molecule has 0 radical (unpaired) electrons. The molecule has 1 unspecified atom stereocenters. The van der Waals surface area contributed by atoms with E-state index in [4.69, 9.17) is 4.74 Å². The highest BCUT2D eigenvalue weighted by Gasteiger charge is 2.18. The molecule has 1 aliphatic rings. The zero-order valence-corrected chi connectivity index (χ0v) is 16.7. The van der Waals surface area contributed by atoms with Gasteiger partial charge in [0.05, 0.1) is 19.3 Å². The highest BCUT2D eigenvalue weighted by molar-refractivity contribution is 5.92. The van der Waals surface area contributed by atoms with Crippen LogP contribution in [0.3, 0.4) is 0 Å². The van der Waals surface area contributed by atoms with Gasteiger partial charge in [-0.1, -0.05) is 38.1 Å². The van der Waals surface area contributed by atoms with Crippen LogP contribution in [-0.2, 0) is 4.74 Å². The van der Waals surface area contributed by atoms with Gasteiger partial charge in [0.15, 0.2) is 0 Å². The van der Waals surface area contributed by atoms with Crippen LogP contribution in [-0.4, -0.2) is 53.8 Å². The first-order valence-corrected chi connectivity index (χ1v) is 9.68. The molecule has 0 bridgehead atoms. The highest BCUT2D eigenvalue weighted by Crippen LogP contribution is 2.18. The lowest BCUT2D eigenvalue weighted by Gasteiger charge is -2.27. The quantitative estimate of drug-likeness (QED) is 0.794. The number of amides is 1. The molecular weight excluding hydrogens is 356 g/mol. The molecule has 1 saturated heterocycles. The maximum absolute atomic E-state index is 12.6. The average molecular weight is 384 g/mol. The number of benzene rings is 1. The standard InChI is InChI=1S/C21H28N4O3/c1-14(2)16-4-6-17(7-5-16)19(26)13-22-20(27)18-12-15(3)23-21(24-18)25-8-10-28-11-9-25/h4-7,12,14,19,26H,8-11,13H2,1-3H3,(H,22,27). The number of hydrogen-bond donors (Lipinski definition) is 2. The molecular formula is C21H28N4O3. The summed E-state index contributed by atoms with van der Waals surface area (Å²) in [5, 5.41) is 13.2. The fourth-order valence-corrected chi connectivity index (χ4v) is 3.07. The fourth-order valence-electron chi connectivity index (χ4n) is 3.07. The highest BCUT2D eigenvalue weighted by atomic mass is 16.5. The van der Waals surface area contributed by atoms with Gasteiger partial charge in [0.25, 0.3) is 5.91 Å². The second-order valence-electron chi connectivity index (χ2n) is 7.34. The molecule has 1 atom stereocenters. The molecule has 7 nitrogen and oxygen atoms in total. The number of nitrogens with zero attached hydrogens (tertiary/aromatic N) is 3. The Bertz CT molecular complexity index is 802. The molecule has 1 aliphatic heterocycles. The number of carbonyl (C=O) groups excluding carboxylic acids is 1. The van der Waals surface area contributed by atoms with Crippen LogP contribution >= 0.6 is 0 Å². The fraction of sp³-hybridized carbons (Fsp3) is 0.476. The van der Waals surface area contributed by atoms with Crippen LogP contribution in [0.1, 0.15) is 53.2 Å². The number of nitrogens with one attached hydrogen (secondary N) is 1. The second-order valence-corrected chi connectivity index (χ2v) is 7.34. The molecule has 0 aliphatic carbocycles. The van der Waals surface area contributed by atoms with Gasteiger partial charge in [0, 0.05) is 25.3 Å². The van der Waals surface area contributed by atoms with E-state index in [0.29, 0.717) is 43.9 Å². The molecule has 3 rings (SSSR count). The summed E-state index contributed by atoms with van der Waals surface area (Å²) in [6.45, 7) is 8.87. The van der Waals surface area contributed by atoms with E-state index < -0.39 is 6.10 Å². The lowest BCUT2D eigenvalue weighted by Crippen LogP contribution is -2.38. The Balaban J connectivity index is 1.63. The SMILES string of the molecule is Cc1cc(C(=O)NCC(O)c2ccc(C(C)C)cc2)nc(N2CCOCC2)n1. The van der Waals surface area contributed by atoms with E-state index in [0.717, 1.165) is 11.3 Å². The van der Waals surface area contributed by atoms with Crippen molar-refractivity contribution in [1.82, 2.24) is 15.3 Å². The van der Waals surface area contributed by atoms with E-state index in [1.54, 1.807) is 6.07 Å². The molecule has 2 aromatic rings. The van der Waals surface area contributed by atoms with Crippen LogP contribution in [0.15, 0.2) is 30.3 Å². The van der Waals surface area contributed by atoms with Gasteiger partial charge in [-0.15, -0.1) is 0 Å². The van der Waals surface area contributed by atoms with Crippen molar-refractivity contribution in [1.29, 1.82) is 0 Å². The molecule has 150 valence electrons. The maximum Gasteiger partial charge on any atom is 0.270 e. The van der Waals surface area contributed by atoms with Crippen molar-refractivity contribution in [2.75, 3.05) is 37.7 Å². The minimum atomic E-state index is -0.771. The predicted octanol–water partition coefficient (Wildman–Crippen LogP) is 2.21. The van der Waals surface area contributed by atoms with Gasteiger partial charge in [-0.2, -0.15) is 0 Å². The normalized spacial score (nSPS) is 15.5. The van der Waals surface area contributed by atoms with Gasteiger partial charge in [0.2, 0.25) is 5.95 Å². The summed E-state index contributed by atoms with van der Waals surface area (Å²) in [5.74, 6) is 0.656. The third-order valence-corrected chi connectivity index (χ3v) is 4.81. The largest absolute Gasteiger partial charge is 0.387 e. The van der Waals surface area contributed by atoms with Crippen molar-refractivity contribution in [2.24, 2.45) is 0 Å². The Labute approximate surface area is 165 Å². The van der Waals surface area contributed by atoms with Crippen LogP contribution in [0, 0.1) is 6.92 Å². The van der Waals surface area contributed by atoms with Gasteiger partial charge in [-0.05, 0) is 30.0 Å². The van der Waals surface area contributed by atoms with Crippen molar-refractivity contribution < 1.29 is 14.6 Å². The first kappa shape index (κ1) is 20.2. The summed E-state index contributed by atoms with van der Waals surface area (Å²) in [6, 6.07) is 9.47. The maximum atomic E-state index is 12.6. The summed E-state index contributed by atoms with van der Waals surface area (Å²) in [6.07, 6.45) is -0.771. The second kappa shape index (κ2) is 9.12. The number of aliphatic hydroxyl groups is 1. The molecule has 2 heterocycles. The average Bonchev–Trinajstić information content (AvgIpc) is 2.72. The number of carbonyl (C=O) groups is 1. The zero-order valence-electron chi connectivity index (χ0n) is 16.7. The van der Waals surface area contributed by atoms with Crippen molar-refractivity contribution in [3.05, 3.63) is 52.8 Å². The number of hydrogen-bond acceptors (Lipinski definition) is 6. The van der Waals surface area contributed by atoms with Crippen LogP contribution < -0.4 is 10.2 Å². The van der Waals surface area contributed by atoms with Crippen LogP contribution in [0.4, 0.5) is 5.95 Å². The molecule has 1 aromatic carbocycles. The van der Waals surface area contributed by atoms with Crippen LogP contribution in [0.2, 0.25) is 0 Å². The Hall–Kier alpha value is -2.51. The van der Waals surface area contributed by atoms with Gasteiger partial charge < -0.3 is 20.1 Å². The Morgan fingerprint density at radius 1 is 1.18 bits per heavy atom. The summed E-state index contributed by atoms with van der Waals surface area (Å²) < 4.78 is 5.35. The van der Waals surface area contributed by atoms with Gasteiger partial charge in [-0.3, -0.25) is 4.79 Å². The van der Waals surface area contributed by atoms with E-state index in [2.05, 4.69) is 29.1 Å². The molecule has 1 amide bonds. The first-order valence-electron chi connectivity index (χ1n) is 9.68. The van der Waals surface area contributed by atoms with Gasteiger partial charge in [-0.25, -0.2) is 9.97 Å². The number of aromatic nitrogens is 2. The number of rotatable bonds is 6. The van der Waals surface area contributed by atoms with Crippen molar-refractivity contribution >= 4 is 11.9 Å². The third-order valence-electron chi connectivity index (χ3n) is 4.81. The molecule has 1 aromatic heterocycles. The number of anilines is 1. The monoisotopic (exact) mass is 384 g/mol. The predicted molar refractivity (Wildman–Crippen MR) is 108 cm³/mol. The number of ether oxygens (including phenoxy) is 1. The van der Waals surface area contributed by atoms with Crippen molar-refractivity contribution in [3.8, 4) is 0 Å². The summed E-state index contributed by atoms with van der Waals surface area (Å²) in [4.78, 5) is 23.4. The topological polar surface area (TPSA) is 87.6 Å². The van der Waals surface area contributed by atoms with E-state index in [1.165, 1.54) is 5.56 Å². The van der Waals surface area contributed by atoms with Crippen LogP contribution in [0.5, 0.6) is 0 Å². The third kappa shape index (κ3) is 5.05. The van der Waals surface area contributed by atoms with E-state index in [-0.39, 0.29) is 12.5 Å². The van der Waals surface area contributed by atoms with E-state index >= 15 is 0 Å². The van der Waals surface area contributed by atoms with Gasteiger partial charge >= 0.3 is 0 Å². The number of morpholine rings is 1. The van der Waals surface area contributed by atoms with Crippen LogP contribution in [0.25, 0.3) is 0 Å². The summed E-state index contributed by atoms with van der Waals surface area (Å²) in [7, 11) is 0. The lowest BCUT2D eigenvalue weighted by molar-refractivity contribution is 0.0911. The zero-order chi connectivity index (χ0) is 20.1. The van der Waals surface area contributed by atoms with Crippen molar-refractivity contribution in [3.63, 3.8) is 0 Å². The Morgan fingerprint density at radius 2 is 1.82 bits per heavy atom. The molecule has 0 spiro atoms. The number of aliphatic hydroxyl groups excluding tert-OH is 1. The Kier molecular flexibility index (Phi) is 6.59. The molecule has 2 N–H and O–H groups in total. The van der Waals surface area contributed by atoms with Crippen molar-refractivity contribution in [2.45, 2.75) is 32.8 Å². The van der Waals surface area contributed by atoms with E-state index in [1.807, 2.05) is 36.1 Å². The lowest BCUT2D eigenvalue weighted by atomic mass is 10.00. The molecule has 7 heteroatoms. The van der Waals surface area contributed by atoms with Gasteiger partial charge in [0.1, 0.15) is 5.69 Å². The molecule has 28 heavy (non-hydrogen) atoms. The molecule has 1 fully saturated rings. The summed E-state index contributed by atoms with van der Waals surface area (Å²) >= 11 is 0. The Morgan fingerprint density at radius 3 is 2.46 bits per heavy atom. The first-order chi connectivity index (χ1) is 13.4. The molecule has 0 saturated carbocycles. The smallest absolute Gasteiger partial charge is 0.270 e. The minimum absolute atomic E-state index is 0.121. The minimum Gasteiger partial charge on any atom is -0.387 e. The summed E-state index contributed by atoms with van der Waals surface area (Å²) in [5.41, 5.74) is 3.02. The van der Waals surface area contributed by atoms with E-state index in [9.17, 15) is 9.90 Å². The number of aryl methyl sites for hydroxylation is 1.